The number of tetrazole rings is 1. The molecule has 0 aliphatic rings. The Morgan fingerprint density at radius 3 is 3.07 bits per heavy atom. The van der Waals surface area contributed by atoms with E-state index in [1.54, 1.807) is 23.1 Å². The van der Waals surface area contributed by atoms with Gasteiger partial charge >= 0.3 is 0 Å². The highest BCUT2D eigenvalue weighted by Gasteiger charge is 2.09. The maximum Gasteiger partial charge on any atom is 0.156 e. The fourth-order valence-corrected chi connectivity index (χ4v) is 1.36. The number of pyridine rings is 1. The number of hydrogen-bond acceptors (Lipinski definition) is 5. The Bertz CT molecular complexity index is 449. The molecule has 0 saturated carbocycles. The van der Waals surface area contributed by atoms with Crippen molar-refractivity contribution in [1.82, 2.24) is 25.2 Å². The Morgan fingerprint density at radius 2 is 2.33 bits per heavy atom. The third kappa shape index (κ3) is 1.78. The standard InChI is InChI=1S/C9H12N6/c1-2-3-9-12-13-14-15(9)8-4-5-11-6-7(8)10/h4-6H,2-3,10H2,1H3. The van der Waals surface area contributed by atoms with Gasteiger partial charge in [0.05, 0.1) is 17.6 Å². The highest BCUT2D eigenvalue weighted by Crippen LogP contribution is 2.15. The molecule has 0 unspecified atom stereocenters. The average Bonchev–Trinajstić information content (AvgIpc) is 2.67. The highest BCUT2D eigenvalue weighted by atomic mass is 15.5. The lowest BCUT2D eigenvalue weighted by Crippen LogP contribution is -2.06. The molecule has 0 radical (unpaired) electrons. The molecule has 6 heteroatoms. The van der Waals surface area contributed by atoms with Gasteiger partial charge < -0.3 is 5.73 Å². The molecular formula is C9H12N6. The van der Waals surface area contributed by atoms with Gasteiger partial charge in [-0.1, -0.05) is 6.92 Å². The van der Waals surface area contributed by atoms with Crippen LogP contribution in [0, 0.1) is 0 Å². The van der Waals surface area contributed by atoms with Crippen molar-refractivity contribution < 1.29 is 0 Å². The van der Waals surface area contributed by atoms with Crippen molar-refractivity contribution in [1.29, 1.82) is 0 Å². The lowest BCUT2D eigenvalue weighted by Gasteiger charge is -2.05. The van der Waals surface area contributed by atoms with E-state index in [4.69, 9.17) is 5.73 Å². The summed E-state index contributed by atoms with van der Waals surface area (Å²) in [4.78, 5) is 3.92. The Hall–Kier alpha value is -1.98. The van der Waals surface area contributed by atoms with Crippen LogP contribution in [0.5, 0.6) is 0 Å². The summed E-state index contributed by atoms with van der Waals surface area (Å²) in [5.41, 5.74) is 7.15. The molecule has 0 atom stereocenters. The first-order valence-electron chi connectivity index (χ1n) is 4.80. The molecule has 0 saturated heterocycles. The van der Waals surface area contributed by atoms with Gasteiger partial charge in [0.2, 0.25) is 0 Å². The molecule has 0 spiro atoms. The molecule has 0 fully saturated rings. The summed E-state index contributed by atoms with van der Waals surface area (Å²) in [5, 5.41) is 11.5. The van der Waals surface area contributed by atoms with E-state index >= 15 is 0 Å². The molecule has 2 heterocycles. The largest absolute Gasteiger partial charge is 0.396 e. The molecule has 0 bridgehead atoms. The summed E-state index contributed by atoms with van der Waals surface area (Å²) in [6, 6.07) is 1.80. The lowest BCUT2D eigenvalue weighted by atomic mass is 10.3. The molecule has 2 N–H and O–H groups in total. The molecule has 0 aliphatic carbocycles. The van der Waals surface area contributed by atoms with E-state index in [0.29, 0.717) is 5.69 Å². The minimum absolute atomic E-state index is 0.571. The number of nitrogens with zero attached hydrogens (tertiary/aromatic N) is 5. The van der Waals surface area contributed by atoms with Crippen molar-refractivity contribution in [3.63, 3.8) is 0 Å². The minimum atomic E-state index is 0.571. The fraction of sp³-hybridized carbons (Fsp3) is 0.333. The van der Waals surface area contributed by atoms with E-state index in [-0.39, 0.29) is 0 Å². The maximum absolute atomic E-state index is 5.80. The zero-order chi connectivity index (χ0) is 10.7. The second-order valence-corrected chi connectivity index (χ2v) is 3.19. The molecule has 0 aliphatic heterocycles. The molecule has 0 aromatic carbocycles. The molecule has 0 amide bonds. The first kappa shape index (κ1) is 9.57. The van der Waals surface area contributed by atoms with Crippen LogP contribution in [0.2, 0.25) is 0 Å². The van der Waals surface area contributed by atoms with Crippen LogP contribution >= 0.6 is 0 Å². The van der Waals surface area contributed by atoms with Gasteiger partial charge in [0.25, 0.3) is 0 Å². The van der Waals surface area contributed by atoms with Gasteiger partial charge in [-0.05, 0) is 22.9 Å². The molecule has 2 aromatic heterocycles. The first-order chi connectivity index (χ1) is 7.33. The van der Waals surface area contributed by atoms with Crippen molar-refractivity contribution in [2.24, 2.45) is 0 Å². The van der Waals surface area contributed by atoms with Crippen LogP contribution < -0.4 is 5.73 Å². The normalized spacial score (nSPS) is 10.5. The van der Waals surface area contributed by atoms with E-state index in [9.17, 15) is 0 Å². The van der Waals surface area contributed by atoms with Gasteiger partial charge in [-0.15, -0.1) is 5.10 Å². The summed E-state index contributed by atoms with van der Waals surface area (Å²) in [7, 11) is 0. The van der Waals surface area contributed by atoms with Gasteiger partial charge in [-0.2, -0.15) is 4.68 Å². The molecule has 15 heavy (non-hydrogen) atoms. The van der Waals surface area contributed by atoms with Crippen LogP contribution in [-0.2, 0) is 6.42 Å². The number of nitrogens with two attached hydrogens (primary N) is 1. The fourth-order valence-electron chi connectivity index (χ4n) is 1.36. The summed E-state index contributed by atoms with van der Waals surface area (Å²) >= 11 is 0. The summed E-state index contributed by atoms with van der Waals surface area (Å²) < 4.78 is 1.65. The number of aromatic nitrogens is 5. The second kappa shape index (κ2) is 4.04. The number of hydrogen-bond donors (Lipinski definition) is 1. The Morgan fingerprint density at radius 1 is 1.47 bits per heavy atom. The maximum atomic E-state index is 5.80. The summed E-state index contributed by atoms with van der Waals surface area (Å²) in [5.74, 6) is 0.815. The topological polar surface area (TPSA) is 82.5 Å². The van der Waals surface area contributed by atoms with Crippen LogP contribution in [0.25, 0.3) is 5.69 Å². The number of aryl methyl sites for hydroxylation is 1. The Kier molecular flexibility index (Phi) is 2.57. The second-order valence-electron chi connectivity index (χ2n) is 3.19. The highest BCUT2D eigenvalue weighted by molar-refractivity contribution is 5.55. The molecule has 6 nitrogen and oxygen atoms in total. The lowest BCUT2D eigenvalue weighted by molar-refractivity contribution is 0.745. The van der Waals surface area contributed by atoms with Crippen LogP contribution in [0.1, 0.15) is 19.2 Å². The van der Waals surface area contributed by atoms with Gasteiger partial charge in [0, 0.05) is 12.6 Å². The minimum Gasteiger partial charge on any atom is -0.396 e. The van der Waals surface area contributed by atoms with Gasteiger partial charge in [0.1, 0.15) is 0 Å². The Labute approximate surface area is 87.1 Å². The van der Waals surface area contributed by atoms with Crippen LogP contribution in [0.4, 0.5) is 5.69 Å². The van der Waals surface area contributed by atoms with E-state index < -0.39 is 0 Å². The zero-order valence-electron chi connectivity index (χ0n) is 8.46. The number of rotatable bonds is 3. The van der Waals surface area contributed by atoms with E-state index in [1.165, 1.54) is 0 Å². The predicted octanol–water partition coefficient (Wildman–Crippen LogP) is 0.592. The molecule has 78 valence electrons. The van der Waals surface area contributed by atoms with Crippen LogP contribution in [0.15, 0.2) is 18.5 Å². The van der Waals surface area contributed by atoms with Gasteiger partial charge in [-0.25, -0.2) is 0 Å². The van der Waals surface area contributed by atoms with Crippen LogP contribution in [0.3, 0.4) is 0 Å². The average molecular weight is 204 g/mol. The van der Waals surface area contributed by atoms with Crippen molar-refractivity contribution in [2.45, 2.75) is 19.8 Å². The number of nitrogen functional groups attached to an aromatic ring is 1. The quantitative estimate of drug-likeness (QED) is 0.791. The number of anilines is 1. The monoisotopic (exact) mass is 204 g/mol. The Balaban J connectivity index is 2.45. The van der Waals surface area contributed by atoms with Crippen molar-refractivity contribution in [2.75, 3.05) is 5.73 Å². The van der Waals surface area contributed by atoms with E-state index in [0.717, 1.165) is 24.4 Å². The smallest absolute Gasteiger partial charge is 0.156 e. The summed E-state index contributed by atoms with van der Waals surface area (Å²) in [6.07, 6.45) is 5.08. The van der Waals surface area contributed by atoms with E-state index in [2.05, 4.69) is 27.4 Å². The van der Waals surface area contributed by atoms with Crippen LogP contribution in [-0.4, -0.2) is 25.2 Å². The predicted molar refractivity (Wildman–Crippen MR) is 55.4 cm³/mol. The van der Waals surface area contributed by atoms with Gasteiger partial charge in [0.15, 0.2) is 5.82 Å². The third-order valence-electron chi connectivity index (χ3n) is 2.06. The third-order valence-corrected chi connectivity index (χ3v) is 2.06. The van der Waals surface area contributed by atoms with Crippen molar-refractivity contribution in [3.05, 3.63) is 24.3 Å². The summed E-state index contributed by atoms with van der Waals surface area (Å²) in [6.45, 7) is 2.08. The van der Waals surface area contributed by atoms with Gasteiger partial charge in [-0.3, -0.25) is 4.98 Å². The SMILES string of the molecule is CCCc1nnnn1-c1ccncc1N. The van der Waals surface area contributed by atoms with Crippen molar-refractivity contribution in [3.8, 4) is 5.69 Å². The van der Waals surface area contributed by atoms with Crippen molar-refractivity contribution >= 4 is 5.69 Å². The molecule has 2 rings (SSSR count). The van der Waals surface area contributed by atoms with E-state index in [1.807, 2.05) is 0 Å². The first-order valence-corrected chi connectivity index (χ1v) is 4.80. The molecule has 2 aromatic rings. The molecular weight excluding hydrogens is 192 g/mol. The zero-order valence-corrected chi connectivity index (χ0v) is 8.46.